The highest BCUT2D eigenvalue weighted by Gasteiger charge is 2.43. The number of hydrogen-bond donors (Lipinski definition) is 0. The third kappa shape index (κ3) is 2.90. The topological polar surface area (TPSA) is 50.1 Å². The van der Waals surface area contributed by atoms with Gasteiger partial charge in [0.2, 0.25) is 0 Å². The van der Waals surface area contributed by atoms with Crippen LogP contribution in [0.2, 0.25) is 0 Å². The highest BCUT2D eigenvalue weighted by molar-refractivity contribution is 6.02. The highest BCUT2D eigenvalue weighted by atomic mass is 16.5. The Hall–Kier alpha value is -2.86. The van der Waals surface area contributed by atoms with Crippen LogP contribution in [0.3, 0.4) is 0 Å². The number of pyridine rings is 1. The first-order valence-electron chi connectivity index (χ1n) is 10.2. The fourth-order valence-corrected chi connectivity index (χ4v) is 5.01. The monoisotopic (exact) mass is 390 g/mol. The summed E-state index contributed by atoms with van der Waals surface area (Å²) in [6, 6.07) is 12.4. The van der Waals surface area contributed by atoms with E-state index in [4.69, 9.17) is 4.74 Å². The maximum atomic E-state index is 13.6. The van der Waals surface area contributed by atoms with Gasteiger partial charge in [0.15, 0.2) is 0 Å². The molecule has 0 bridgehead atoms. The van der Waals surface area contributed by atoms with Crippen LogP contribution in [0.25, 0.3) is 5.52 Å². The number of benzene rings is 1. The fourth-order valence-electron chi connectivity index (χ4n) is 5.01. The number of fused-ring (bicyclic) bond motifs is 3. The lowest BCUT2D eigenvalue weighted by molar-refractivity contribution is 0.0600. The first-order chi connectivity index (χ1) is 14.1. The number of carbonyl (C=O) groups excluding carboxylic acids is 1. The van der Waals surface area contributed by atoms with E-state index in [1.54, 1.807) is 17.8 Å². The molecule has 1 fully saturated rings. The summed E-state index contributed by atoms with van der Waals surface area (Å²) in [7, 11) is 3.80. The number of likely N-dealkylation sites (tertiary alicyclic amines) is 1. The Labute approximate surface area is 170 Å². The van der Waals surface area contributed by atoms with E-state index in [-0.39, 0.29) is 11.3 Å². The summed E-state index contributed by atoms with van der Waals surface area (Å²) in [5, 5.41) is 4.38. The Morgan fingerprint density at radius 2 is 1.93 bits per heavy atom. The second-order valence-corrected chi connectivity index (χ2v) is 8.33. The second-order valence-electron chi connectivity index (χ2n) is 8.33. The minimum Gasteiger partial charge on any atom is -0.494 e. The number of hydrogen-bond acceptors (Lipinski definition) is 4. The van der Waals surface area contributed by atoms with Gasteiger partial charge in [0, 0.05) is 24.7 Å². The molecule has 150 valence electrons. The van der Waals surface area contributed by atoms with E-state index >= 15 is 0 Å². The van der Waals surface area contributed by atoms with Crippen molar-refractivity contribution in [2.24, 2.45) is 0 Å². The van der Waals surface area contributed by atoms with Gasteiger partial charge in [0.25, 0.3) is 5.91 Å². The lowest BCUT2D eigenvalue weighted by Crippen LogP contribution is -2.52. The summed E-state index contributed by atoms with van der Waals surface area (Å²) in [6.45, 7) is 3.50. The molecule has 1 aromatic carbocycles. The van der Waals surface area contributed by atoms with E-state index in [1.165, 1.54) is 11.1 Å². The summed E-state index contributed by atoms with van der Waals surface area (Å²) in [6.07, 6.45) is 5.66. The number of carbonyl (C=O) groups is 1. The maximum absolute atomic E-state index is 13.6. The quantitative estimate of drug-likeness (QED) is 0.675. The molecule has 4 heterocycles. The van der Waals surface area contributed by atoms with Crippen LogP contribution in [-0.4, -0.2) is 59.1 Å². The molecule has 29 heavy (non-hydrogen) atoms. The van der Waals surface area contributed by atoms with Crippen molar-refractivity contribution in [1.82, 2.24) is 19.4 Å². The fraction of sp³-hybridized carbons (Fsp3) is 0.391. The lowest BCUT2D eigenvalue weighted by Gasteiger charge is -2.48. The minimum atomic E-state index is 0.0253. The molecule has 0 saturated carbocycles. The van der Waals surface area contributed by atoms with Gasteiger partial charge in [-0.3, -0.25) is 4.79 Å². The van der Waals surface area contributed by atoms with Gasteiger partial charge in [0.1, 0.15) is 11.3 Å². The van der Waals surface area contributed by atoms with E-state index in [1.807, 2.05) is 23.2 Å². The van der Waals surface area contributed by atoms with Crippen molar-refractivity contribution < 1.29 is 9.53 Å². The number of piperidine rings is 1. The van der Waals surface area contributed by atoms with Gasteiger partial charge < -0.3 is 14.5 Å². The van der Waals surface area contributed by atoms with Crippen LogP contribution in [0.4, 0.5) is 0 Å². The predicted octanol–water partition coefficient (Wildman–Crippen LogP) is 2.96. The summed E-state index contributed by atoms with van der Waals surface area (Å²) < 4.78 is 7.22. The van der Waals surface area contributed by atoms with Crippen molar-refractivity contribution >= 4 is 11.4 Å². The molecule has 0 N–H and O–H groups in total. The van der Waals surface area contributed by atoms with Crippen LogP contribution in [-0.2, 0) is 12.0 Å². The van der Waals surface area contributed by atoms with Gasteiger partial charge in [-0.15, -0.1) is 0 Å². The lowest BCUT2D eigenvalue weighted by atomic mass is 9.69. The summed E-state index contributed by atoms with van der Waals surface area (Å²) in [5.74, 6) is 0.692. The van der Waals surface area contributed by atoms with Crippen LogP contribution >= 0.6 is 0 Å². The van der Waals surface area contributed by atoms with Crippen molar-refractivity contribution in [2.75, 3.05) is 33.8 Å². The molecule has 0 unspecified atom stereocenters. The number of methoxy groups -OCH3 is 1. The number of rotatable bonds is 2. The Bertz CT molecular complexity index is 1070. The molecule has 6 heteroatoms. The van der Waals surface area contributed by atoms with Crippen molar-refractivity contribution in [3.63, 3.8) is 0 Å². The van der Waals surface area contributed by atoms with Crippen LogP contribution < -0.4 is 4.74 Å². The predicted molar refractivity (Wildman–Crippen MR) is 111 cm³/mol. The number of amides is 1. The number of ether oxygens (including phenoxy) is 1. The molecule has 1 amide bonds. The zero-order valence-corrected chi connectivity index (χ0v) is 17.0. The van der Waals surface area contributed by atoms with Crippen molar-refractivity contribution in [1.29, 1.82) is 0 Å². The maximum Gasteiger partial charge on any atom is 0.258 e. The van der Waals surface area contributed by atoms with E-state index < -0.39 is 0 Å². The summed E-state index contributed by atoms with van der Waals surface area (Å²) >= 11 is 0. The molecule has 0 aliphatic carbocycles. The standard InChI is InChI=1S/C23H26N4O2/c1-25-12-9-23(10-13-25)16-26(15-17-6-3-4-7-19(17)23)22(28)18-14-24-27-11-5-8-20(29-2)21(18)27/h3-8,11,14H,9-10,12-13,15-16H2,1-2H3. The van der Waals surface area contributed by atoms with Gasteiger partial charge in [-0.1, -0.05) is 24.3 Å². The van der Waals surface area contributed by atoms with Crippen LogP contribution in [0.5, 0.6) is 5.75 Å². The third-order valence-electron chi connectivity index (χ3n) is 6.63. The molecule has 6 nitrogen and oxygen atoms in total. The van der Waals surface area contributed by atoms with Gasteiger partial charge in [0.05, 0.1) is 18.9 Å². The van der Waals surface area contributed by atoms with Gasteiger partial charge >= 0.3 is 0 Å². The van der Waals surface area contributed by atoms with Crippen LogP contribution in [0.15, 0.2) is 48.8 Å². The summed E-state index contributed by atoms with van der Waals surface area (Å²) in [5.41, 5.74) is 4.06. The molecule has 1 spiro atoms. The first kappa shape index (κ1) is 18.2. The average molecular weight is 390 g/mol. The Morgan fingerprint density at radius 1 is 1.14 bits per heavy atom. The van der Waals surface area contributed by atoms with E-state index in [0.717, 1.165) is 38.0 Å². The highest BCUT2D eigenvalue weighted by Crippen LogP contribution is 2.42. The number of aromatic nitrogens is 2. The van der Waals surface area contributed by atoms with Crippen LogP contribution in [0.1, 0.15) is 34.3 Å². The van der Waals surface area contributed by atoms with Gasteiger partial charge in [-0.25, -0.2) is 4.52 Å². The van der Waals surface area contributed by atoms with E-state index in [0.29, 0.717) is 17.9 Å². The molecular weight excluding hydrogens is 364 g/mol. The zero-order chi connectivity index (χ0) is 20.0. The molecule has 1 saturated heterocycles. The molecule has 0 atom stereocenters. The SMILES string of the molecule is COc1cccn2ncc(C(=O)N3Cc4ccccc4C4(CCN(C)CC4)C3)c12. The minimum absolute atomic E-state index is 0.0253. The zero-order valence-electron chi connectivity index (χ0n) is 17.0. The molecular formula is C23H26N4O2. The van der Waals surface area contributed by atoms with Crippen molar-refractivity contribution in [3.05, 3.63) is 65.5 Å². The molecule has 5 rings (SSSR count). The Morgan fingerprint density at radius 3 is 2.72 bits per heavy atom. The van der Waals surface area contributed by atoms with Gasteiger partial charge in [-0.2, -0.15) is 5.10 Å². The average Bonchev–Trinajstić information content (AvgIpc) is 3.19. The molecule has 2 aromatic heterocycles. The van der Waals surface area contributed by atoms with Gasteiger partial charge in [-0.05, 0) is 56.2 Å². The molecule has 0 radical (unpaired) electrons. The molecule has 2 aliphatic rings. The molecule has 3 aromatic rings. The number of nitrogens with zero attached hydrogens (tertiary/aromatic N) is 4. The summed E-state index contributed by atoms with van der Waals surface area (Å²) in [4.78, 5) is 18.0. The van der Waals surface area contributed by atoms with E-state index in [9.17, 15) is 4.79 Å². The van der Waals surface area contributed by atoms with Crippen molar-refractivity contribution in [3.8, 4) is 5.75 Å². The van der Waals surface area contributed by atoms with Crippen molar-refractivity contribution in [2.45, 2.75) is 24.8 Å². The normalized spacial score (nSPS) is 18.8. The second kappa shape index (κ2) is 6.88. The third-order valence-corrected chi connectivity index (χ3v) is 6.63. The Kier molecular flexibility index (Phi) is 4.32. The van der Waals surface area contributed by atoms with E-state index in [2.05, 4.69) is 41.3 Å². The largest absolute Gasteiger partial charge is 0.494 e. The first-order valence-corrected chi connectivity index (χ1v) is 10.2. The smallest absolute Gasteiger partial charge is 0.258 e. The Balaban J connectivity index is 1.55. The van der Waals surface area contributed by atoms with Crippen LogP contribution in [0, 0.1) is 0 Å². The molecule has 2 aliphatic heterocycles.